The zero-order valence-corrected chi connectivity index (χ0v) is 9.02. The first-order valence-electron chi connectivity index (χ1n) is 4.79. The summed E-state index contributed by atoms with van der Waals surface area (Å²) < 4.78 is 1.99. The maximum atomic E-state index is 8.83. The summed E-state index contributed by atoms with van der Waals surface area (Å²) in [5.41, 5.74) is 4.27. The molecule has 0 aliphatic carbocycles. The van der Waals surface area contributed by atoms with Gasteiger partial charge < -0.3 is 5.21 Å². The molecule has 0 radical (unpaired) electrons. The Bertz CT molecular complexity index is 540. The Morgan fingerprint density at radius 3 is 2.80 bits per heavy atom. The van der Waals surface area contributed by atoms with Crippen LogP contribution in [-0.2, 0) is 0 Å². The van der Waals surface area contributed by atoms with E-state index in [0.717, 1.165) is 22.7 Å². The molecule has 0 aromatic carbocycles. The van der Waals surface area contributed by atoms with Crippen LogP contribution in [0.15, 0.2) is 23.4 Å². The van der Waals surface area contributed by atoms with Crippen LogP contribution in [-0.4, -0.2) is 20.3 Å². The first-order valence-corrected chi connectivity index (χ1v) is 4.79. The van der Waals surface area contributed by atoms with Gasteiger partial charge in [-0.25, -0.2) is 4.98 Å². The molecule has 2 aromatic rings. The Morgan fingerprint density at radius 1 is 1.40 bits per heavy atom. The predicted octanol–water partition coefficient (Wildman–Crippen LogP) is 2.15. The fourth-order valence-corrected chi connectivity index (χ4v) is 1.84. The minimum absolute atomic E-state index is 0.578. The lowest BCUT2D eigenvalue weighted by atomic mass is 10.2. The summed E-state index contributed by atoms with van der Waals surface area (Å²) in [5, 5.41) is 12.1. The maximum absolute atomic E-state index is 8.83. The summed E-state index contributed by atoms with van der Waals surface area (Å²) in [6, 6.07) is 5.91. The van der Waals surface area contributed by atoms with Gasteiger partial charge in [-0.15, -0.1) is 0 Å². The molecular weight excluding hydrogens is 190 g/mol. The van der Waals surface area contributed by atoms with Crippen LogP contribution in [0.1, 0.15) is 24.0 Å². The molecule has 4 heteroatoms. The molecule has 0 unspecified atom stereocenters. The third-order valence-electron chi connectivity index (χ3n) is 2.51. The minimum atomic E-state index is 0.578. The number of nitrogens with zero attached hydrogens (tertiary/aromatic N) is 3. The van der Waals surface area contributed by atoms with Crippen LogP contribution in [0.2, 0.25) is 0 Å². The van der Waals surface area contributed by atoms with Crippen LogP contribution in [0.25, 0.3) is 5.65 Å². The largest absolute Gasteiger partial charge is 0.411 e. The molecular formula is C11H13N3O. The first kappa shape index (κ1) is 9.71. The highest BCUT2D eigenvalue weighted by molar-refractivity contribution is 5.98. The molecule has 2 aromatic heterocycles. The maximum Gasteiger partial charge on any atom is 0.137 e. The van der Waals surface area contributed by atoms with Gasteiger partial charge in [0.2, 0.25) is 0 Å². The van der Waals surface area contributed by atoms with Gasteiger partial charge in [-0.05, 0) is 32.9 Å². The van der Waals surface area contributed by atoms with Crippen molar-refractivity contribution < 1.29 is 5.21 Å². The van der Waals surface area contributed by atoms with E-state index in [2.05, 4.69) is 10.1 Å². The highest BCUT2D eigenvalue weighted by atomic mass is 16.4. The van der Waals surface area contributed by atoms with Crippen LogP contribution < -0.4 is 0 Å². The van der Waals surface area contributed by atoms with Crippen LogP contribution in [0.3, 0.4) is 0 Å². The zero-order valence-electron chi connectivity index (χ0n) is 9.02. The Labute approximate surface area is 87.9 Å². The van der Waals surface area contributed by atoms with E-state index >= 15 is 0 Å². The molecule has 0 fully saturated rings. The second-order valence-corrected chi connectivity index (χ2v) is 3.59. The van der Waals surface area contributed by atoms with Gasteiger partial charge in [0.25, 0.3) is 0 Å². The standard InChI is InChI=1S/C11H13N3O/c1-7-5-4-6-10-12-8(2)11(14(7)10)9(3)13-15/h4-6,15H,1-3H3/b13-9-. The normalized spacial score (nSPS) is 12.3. The molecule has 78 valence electrons. The highest BCUT2D eigenvalue weighted by Gasteiger charge is 2.12. The van der Waals surface area contributed by atoms with Crippen LogP contribution in [0.5, 0.6) is 0 Å². The minimum Gasteiger partial charge on any atom is -0.411 e. The van der Waals surface area contributed by atoms with E-state index in [1.807, 2.05) is 36.4 Å². The predicted molar refractivity (Wildman–Crippen MR) is 58.7 cm³/mol. The van der Waals surface area contributed by atoms with Gasteiger partial charge >= 0.3 is 0 Å². The Kier molecular flexibility index (Phi) is 2.19. The molecule has 15 heavy (non-hydrogen) atoms. The highest BCUT2D eigenvalue weighted by Crippen LogP contribution is 2.15. The lowest BCUT2D eigenvalue weighted by molar-refractivity contribution is 0.319. The van der Waals surface area contributed by atoms with Crippen molar-refractivity contribution >= 4 is 11.4 Å². The van der Waals surface area contributed by atoms with Gasteiger partial charge in [0.05, 0.1) is 11.4 Å². The number of aryl methyl sites for hydroxylation is 2. The van der Waals surface area contributed by atoms with Crippen molar-refractivity contribution in [3.63, 3.8) is 0 Å². The molecule has 0 atom stereocenters. The van der Waals surface area contributed by atoms with Gasteiger partial charge in [0.1, 0.15) is 11.4 Å². The van der Waals surface area contributed by atoms with E-state index in [0.29, 0.717) is 5.71 Å². The summed E-state index contributed by atoms with van der Waals surface area (Å²) in [7, 11) is 0. The van der Waals surface area contributed by atoms with Gasteiger partial charge in [-0.2, -0.15) is 0 Å². The molecule has 0 saturated heterocycles. The van der Waals surface area contributed by atoms with Crippen molar-refractivity contribution in [2.75, 3.05) is 0 Å². The summed E-state index contributed by atoms with van der Waals surface area (Å²) in [5.74, 6) is 0. The van der Waals surface area contributed by atoms with Crippen molar-refractivity contribution in [3.05, 3.63) is 35.3 Å². The second-order valence-electron chi connectivity index (χ2n) is 3.59. The van der Waals surface area contributed by atoms with E-state index < -0.39 is 0 Å². The quantitative estimate of drug-likeness (QED) is 0.438. The zero-order chi connectivity index (χ0) is 11.0. The second kappa shape index (κ2) is 3.38. The van der Waals surface area contributed by atoms with Crippen molar-refractivity contribution in [2.24, 2.45) is 5.16 Å². The van der Waals surface area contributed by atoms with E-state index in [-0.39, 0.29) is 0 Å². The van der Waals surface area contributed by atoms with Crippen LogP contribution >= 0.6 is 0 Å². The summed E-state index contributed by atoms with van der Waals surface area (Å²) >= 11 is 0. The topological polar surface area (TPSA) is 49.9 Å². The molecule has 0 bridgehead atoms. The molecule has 0 aliphatic heterocycles. The summed E-state index contributed by atoms with van der Waals surface area (Å²) in [6.45, 7) is 5.68. The van der Waals surface area contributed by atoms with Crippen LogP contribution in [0, 0.1) is 13.8 Å². The van der Waals surface area contributed by atoms with Crippen molar-refractivity contribution in [1.82, 2.24) is 9.38 Å². The van der Waals surface area contributed by atoms with E-state index in [9.17, 15) is 0 Å². The van der Waals surface area contributed by atoms with E-state index in [1.165, 1.54) is 0 Å². The molecule has 2 rings (SSSR count). The average molecular weight is 203 g/mol. The van der Waals surface area contributed by atoms with Gasteiger partial charge in [0, 0.05) is 5.69 Å². The summed E-state index contributed by atoms with van der Waals surface area (Å²) in [4.78, 5) is 4.41. The number of aromatic nitrogens is 2. The number of pyridine rings is 1. The average Bonchev–Trinajstić information content (AvgIpc) is 2.55. The number of imidazole rings is 1. The molecule has 0 amide bonds. The number of hydrogen-bond acceptors (Lipinski definition) is 3. The van der Waals surface area contributed by atoms with Gasteiger partial charge in [-0.1, -0.05) is 11.2 Å². The van der Waals surface area contributed by atoms with Crippen molar-refractivity contribution in [1.29, 1.82) is 0 Å². The number of fused-ring (bicyclic) bond motifs is 1. The molecule has 0 saturated carbocycles. The number of hydrogen-bond donors (Lipinski definition) is 1. The Morgan fingerprint density at radius 2 is 2.13 bits per heavy atom. The molecule has 1 N–H and O–H groups in total. The lowest BCUT2D eigenvalue weighted by Gasteiger charge is -2.04. The molecule has 0 spiro atoms. The summed E-state index contributed by atoms with van der Waals surface area (Å²) in [6.07, 6.45) is 0. The van der Waals surface area contributed by atoms with E-state index in [4.69, 9.17) is 5.21 Å². The van der Waals surface area contributed by atoms with Crippen molar-refractivity contribution in [3.8, 4) is 0 Å². The fraction of sp³-hybridized carbons (Fsp3) is 0.273. The fourth-order valence-electron chi connectivity index (χ4n) is 1.84. The first-order chi connectivity index (χ1) is 7.15. The van der Waals surface area contributed by atoms with Gasteiger partial charge in [-0.3, -0.25) is 4.40 Å². The van der Waals surface area contributed by atoms with Crippen molar-refractivity contribution in [2.45, 2.75) is 20.8 Å². The monoisotopic (exact) mass is 203 g/mol. The Balaban J connectivity index is 2.89. The number of rotatable bonds is 1. The molecule has 2 heterocycles. The van der Waals surface area contributed by atoms with Gasteiger partial charge in [0.15, 0.2) is 0 Å². The smallest absolute Gasteiger partial charge is 0.137 e. The third kappa shape index (κ3) is 1.38. The Hall–Kier alpha value is -1.84. The number of oxime groups is 1. The SMILES string of the molecule is C/C(=N/O)c1c(C)nc2cccc(C)n12. The van der Waals surface area contributed by atoms with E-state index in [1.54, 1.807) is 6.92 Å². The van der Waals surface area contributed by atoms with Crippen LogP contribution in [0.4, 0.5) is 0 Å². The lowest BCUT2D eigenvalue weighted by Crippen LogP contribution is -2.04. The third-order valence-corrected chi connectivity index (χ3v) is 2.51. The molecule has 0 aliphatic rings. The molecule has 4 nitrogen and oxygen atoms in total.